The van der Waals surface area contributed by atoms with Crippen LogP contribution >= 0.6 is 0 Å². The van der Waals surface area contributed by atoms with E-state index in [0.29, 0.717) is 12.2 Å². The minimum atomic E-state index is 0.278. The van der Waals surface area contributed by atoms with E-state index in [-0.39, 0.29) is 5.69 Å². The van der Waals surface area contributed by atoms with Gasteiger partial charge in [-0.1, -0.05) is 23.4 Å². The summed E-state index contributed by atoms with van der Waals surface area (Å²) in [4.78, 5) is 0. The third-order valence-electron chi connectivity index (χ3n) is 3.40. The molecule has 2 aromatic heterocycles. The van der Waals surface area contributed by atoms with E-state index in [4.69, 9.17) is 4.52 Å². The summed E-state index contributed by atoms with van der Waals surface area (Å²) < 4.78 is 5.14. The predicted molar refractivity (Wildman–Crippen MR) is 77.6 cm³/mol. The summed E-state index contributed by atoms with van der Waals surface area (Å²) in [6.45, 7) is 4.28. The number of nitrogens with one attached hydrogen (secondary N) is 1. The number of rotatable bonds is 3. The first-order chi connectivity index (χ1) is 10.2. The van der Waals surface area contributed by atoms with Crippen molar-refractivity contribution in [3.8, 4) is 6.07 Å². The molecule has 6 heteroatoms. The highest BCUT2D eigenvalue weighted by molar-refractivity contribution is 5.92. The van der Waals surface area contributed by atoms with Gasteiger partial charge in [-0.05, 0) is 19.9 Å². The molecule has 6 nitrogen and oxygen atoms in total. The van der Waals surface area contributed by atoms with Crippen LogP contribution in [0.15, 0.2) is 28.8 Å². The van der Waals surface area contributed by atoms with Crippen LogP contribution in [-0.2, 0) is 6.54 Å². The first kappa shape index (κ1) is 13.1. The van der Waals surface area contributed by atoms with E-state index in [2.05, 4.69) is 26.7 Å². The number of benzene rings is 1. The highest BCUT2D eigenvalue weighted by Crippen LogP contribution is 2.25. The zero-order chi connectivity index (χ0) is 14.8. The van der Waals surface area contributed by atoms with Crippen LogP contribution in [0.2, 0.25) is 0 Å². The van der Waals surface area contributed by atoms with Gasteiger partial charge in [-0.25, -0.2) is 0 Å². The monoisotopic (exact) mass is 279 g/mol. The Morgan fingerprint density at radius 3 is 2.76 bits per heavy atom. The van der Waals surface area contributed by atoms with Gasteiger partial charge in [0, 0.05) is 17.5 Å². The fourth-order valence-electron chi connectivity index (χ4n) is 2.24. The van der Waals surface area contributed by atoms with E-state index in [1.54, 1.807) is 0 Å². The van der Waals surface area contributed by atoms with Crippen molar-refractivity contribution in [3.05, 3.63) is 47.0 Å². The molecule has 0 unspecified atom stereocenters. The second-order valence-electron chi connectivity index (χ2n) is 4.71. The van der Waals surface area contributed by atoms with Crippen LogP contribution in [0, 0.1) is 25.2 Å². The summed E-state index contributed by atoms with van der Waals surface area (Å²) in [7, 11) is 0. The number of aromatic nitrogens is 3. The van der Waals surface area contributed by atoms with E-state index >= 15 is 0 Å². The molecule has 0 bridgehead atoms. The van der Waals surface area contributed by atoms with E-state index < -0.39 is 0 Å². The zero-order valence-electron chi connectivity index (χ0n) is 11.7. The Morgan fingerprint density at radius 2 is 2.05 bits per heavy atom. The number of nitriles is 1. The molecule has 0 fully saturated rings. The number of hydrogen-bond acceptors (Lipinski definition) is 6. The molecule has 0 aliphatic heterocycles. The molecule has 0 aliphatic rings. The molecular weight excluding hydrogens is 266 g/mol. The maximum absolute atomic E-state index is 9.22. The van der Waals surface area contributed by atoms with Gasteiger partial charge in [0.2, 0.25) is 0 Å². The lowest BCUT2D eigenvalue weighted by molar-refractivity contribution is 0.392. The lowest BCUT2D eigenvalue weighted by atomic mass is 10.1. The van der Waals surface area contributed by atoms with Crippen LogP contribution in [-0.4, -0.2) is 15.4 Å². The van der Waals surface area contributed by atoms with Gasteiger partial charge in [0.1, 0.15) is 11.8 Å². The molecule has 3 aromatic rings. The van der Waals surface area contributed by atoms with Gasteiger partial charge < -0.3 is 9.84 Å². The average molecular weight is 279 g/mol. The topological polar surface area (TPSA) is 87.6 Å². The van der Waals surface area contributed by atoms with Crippen LogP contribution in [0.4, 0.5) is 5.69 Å². The molecule has 0 spiro atoms. The summed E-state index contributed by atoms with van der Waals surface area (Å²) in [6.07, 6.45) is 0. The Labute approximate surface area is 121 Å². The first-order valence-corrected chi connectivity index (χ1v) is 6.52. The molecule has 21 heavy (non-hydrogen) atoms. The molecule has 1 N–H and O–H groups in total. The first-order valence-electron chi connectivity index (χ1n) is 6.52. The van der Waals surface area contributed by atoms with Crippen molar-refractivity contribution >= 4 is 16.6 Å². The SMILES string of the molecule is Cc1noc(C)c1CNc1c(C#N)nnc2ccccc12. The largest absolute Gasteiger partial charge is 0.378 e. The highest BCUT2D eigenvalue weighted by atomic mass is 16.5. The highest BCUT2D eigenvalue weighted by Gasteiger charge is 2.13. The van der Waals surface area contributed by atoms with Gasteiger partial charge in [-0.15, -0.1) is 10.2 Å². The molecule has 0 amide bonds. The van der Waals surface area contributed by atoms with Crippen LogP contribution in [0.5, 0.6) is 0 Å². The van der Waals surface area contributed by atoms with Crippen molar-refractivity contribution in [2.24, 2.45) is 0 Å². The predicted octanol–water partition coefficient (Wildman–Crippen LogP) is 2.72. The van der Waals surface area contributed by atoms with Crippen molar-refractivity contribution < 1.29 is 4.52 Å². The molecule has 0 saturated carbocycles. The van der Waals surface area contributed by atoms with E-state index in [1.165, 1.54) is 0 Å². The summed E-state index contributed by atoms with van der Waals surface area (Å²) in [5.74, 6) is 0.768. The molecule has 2 heterocycles. The normalized spacial score (nSPS) is 10.5. The van der Waals surface area contributed by atoms with Gasteiger partial charge >= 0.3 is 0 Å². The van der Waals surface area contributed by atoms with E-state index in [0.717, 1.165) is 27.9 Å². The summed E-state index contributed by atoms with van der Waals surface area (Å²) in [5, 5.41) is 25.3. The summed E-state index contributed by atoms with van der Waals surface area (Å²) in [5.41, 5.74) is 3.53. The number of aryl methyl sites for hydroxylation is 2. The summed E-state index contributed by atoms with van der Waals surface area (Å²) >= 11 is 0. The summed E-state index contributed by atoms with van der Waals surface area (Å²) in [6, 6.07) is 9.65. The Balaban J connectivity index is 2.02. The Morgan fingerprint density at radius 1 is 1.24 bits per heavy atom. The van der Waals surface area contributed by atoms with E-state index in [1.807, 2.05) is 38.1 Å². The van der Waals surface area contributed by atoms with Crippen molar-refractivity contribution in [2.45, 2.75) is 20.4 Å². The Bertz CT molecular complexity index is 827. The number of fused-ring (bicyclic) bond motifs is 1. The van der Waals surface area contributed by atoms with Gasteiger partial charge in [-0.2, -0.15) is 5.26 Å². The zero-order valence-corrected chi connectivity index (χ0v) is 11.7. The smallest absolute Gasteiger partial charge is 0.186 e. The van der Waals surface area contributed by atoms with Crippen LogP contribution in [0.1, 0.15) is 22.7 Å². The van der Waals surface area contributed by atoms with Crippen LogP contribution < -0.4 is 5.32 Å². The number of nitrogens with zero attached hydrogens (tertiary/aromatic N) is 4. The molecule has 104 valence electrons. The maximum atomic E-state index is 9.22. The Hall–Kier alpha value is -2.94. The second kappa shape index (κ2) is 5.21. The lowest BCUT2D eigenvalue weighted by Gasteiger charge is -2.10. The van der Waals surface area contributed by atoms with Crippen LogP contribution in [0.25, 0.3) is 10.9 Å². The lowest BCUT2D eigenvalue weighted by Crippen LogP contribution is -2.06. The third-order valence-corrected chi connectivity index (χ3v) is 3.40. The van der Waals surface area contributed by atoms with Gasteiger partial charge in [0.15, 0.2) is 5.69 Å². The molecule has 0 atom stereocenters. The average Bonchev–Trinajstić information content (AvgIpc) is 2.83. The van der Waals surface area contributed by atoms with E-state index in [9.17, 15) is 5.26 Å². The van der Waals surface area contributed by atoms with Crippen molar-refractivity contribution in [2.75, 3.05) is 5.32 Å². The second-order valence-corrected chi connectivity index (χ2v) is 4.71. The minimum Gasteiger partial charge on any atom is -0.378 e. The number of hydrogen-bond donors (Lipinski definition) is 1. The van der Waals surface area contributed by atoms with Gasteiger partial charge in [-0.3, -0.25) is 0 Å². The molecule has 3 rings (SSSR count). The Kier molecular flexibility index (Phi) is 3.24. The quantitative estimate of drug-likeness (QED) is 0.793. The number of anilines is 1. The van der Waals surface area contributed by atoms with Crippen LogP contribution in [0.3, 0.4) is 0 Å². The molecule has 0 radical (unpaired) electrons. The molecular formula is C15H13N5O. The van der Waals surface area contributed by atoms with Crippen molar-refractivity contribution in [1.82, 2.24) is 15.4 Å². The molecule has 0 saturated heterocycles. The minimum absolute atomic E-state index is 0.278. The molecule has 0 aliphatic carbocycles. The van der Waals surface area contributed by atoms with Crippen molar-refractivity contribution in [3.63, 3.8) is 0 Å². The van der Waals surface area contributed by atoms with Crippen molar-refractivity contribution in [1.29, 1.82) is 5.26 Å². The fraction of sp³-hybridized carbons (Fsp3) is 0.200. The fourth-order valence-corrected chi connectivity index (χ4v) is 2.24. The standard InChI is InChI=1S/C15H13N5O/c1-9-12(10(2)21-20-9)8-17-15-11-5-3-4-6-13(11)18-19-14(15)7-16/h3-6H,8H2,1-2H3,(H,17,18). The molecule has 1 aromatic carbocycles. The maximum Gasteiger partial charge on any atom is 0.186 e. The van der Waals surface area contributed by atoms with Gasteiger partial charge in [0.25, 0.3) is 0 Å². The third kappa shape index (κ3) is 2.30. The van der Waals surface area contributed by atoms with Gasteiger partial charge in [0.05, 0.1) is 16.9 Å².